The first-order chi connectivity index (χ1) is 10.5. The molecule has 22 heavy (non-hydrogen) atoms. The number of ketones is 2. The number of hydrogen-bond donors (Lipinski definition) is 0. The van der Waals surface area contributed by atoms with Crippen molar-refractivity contribution in [2.24, 2.45) is 11.8 Å². The summed E-state index contributed by atoms with van der Waals surface area (Å²) < 4.78 is 0. The number of Topliss-reactive ketones (excluding diaryl/α,β-unsaturated/α-hetero) is 2. The van der Waals surface area contributed by atoms with Gasteiger partial charge in [-0.05, 0) is 44.6 Å². The van der Waals surface area contributed by atoms with Gasteiger partial charge in [0.25, 0.3) is 0 Å². The average Bonchev–Trinajstić information content (AvgIpc) is 2.48. The van der Waals surface area contributed by atoms with Crippen LogP contribution in [-0.2, 0) is 9.59 Å². The third-order valence-corrected chi connectivity index (χ3v) is 4.53. The van der Waals surface area contributed by atoms with E-state index in [-0.39, 0.29) is 29.1 Å². The maximum Gasteiger partial charge on any atom is 0.207 e. The maximum atomic E-state index is 11.4. The zero-order chi connectivity index (χ0) is 16.5. The van der Waals surface area contributed by atoms with Crippen LogP contribution in [0.4, 0.5) is 0 Å². The molecule has 2 rings (SSSR count). The highest BCUT2D eigenvalue weighted by Gasteiger charge is 2.29. The fourth-order valence-corrected chi connectivity index (χ4v) is 3.18. The summed E-state index contributed by atoms with van der Waals surface area (Å²) in [5.41, 5.74) is 1.04. The Hall–Kier alpha value is -1.52. The molecule has 5 nitrogen and oxygen atoms in total. The quantitative estimate of drug-likeness (QED) is 0.452. The van der Waals surface area contributed by atoms with Crippen molar-refractivity contribution in [3.63, 3.8) is 0 Å². The minimum atomic E-state index is -0.327. The minimum Gasteiger partial charge on any atom is -0.299 e. The molecule has 0 aromatic rings. The number of nitro groups is 1. The molecule has 0 aromatic heterocycles. The van der Waals surface area contributed by atoms with Crippen molar-refractivity contribution in [3.05, 3.63) is 21.8 Å². The predicted octanol–water partition coefficient (Wildman–Crippen LogP) is 3.73. The van der Waals surface area contributed by atoms with E-state index >= 15 is 0 Å². The van der Waals surface area contributed by atoms with Gasteiger partial charge in [0.2, 0.25) is 6.54 Å². The second-order valence-electron chi connectivity index (χ2n) is 6.26. The Bertz CT molecular complexity index is 442. The molecule has 2 fully saturated rings. The van der Waals surface area contributed by atoms with Crippen molar-refractivity contribution in [2.75, 3.05) is 6.54 Å². The lowest BCUT2D eigenvalue weighted by Gasteiger charge is -2.23. The molecule has 2 atom stereocenters. The topological polar surface area (TPSA) is 77.3 Å². The molecular weight excluding hydrogens is 282 g/mol. The van der Waals surface area contributed by atoms with Crippen molar-refractivity contribution in [3.8, 4) is 0 Å². The number of nitrogens with zero attached hydrogens (tertiary/aromatic N) is 1. The van der Waals surface area contributed by atoms with Crippen LogP contribution in [0.3, 0.4) is 0 Å². The van der Waals surface area contributed by atoms with Gasteiger partial charge in [-0.3, -0.25) is 19.7 Å². The second kappa shape index (κ2) is 9.49. The van der Waals surface area contributed by atoms with Crippen LogP contribution in [0.15, 0.2) is 11.6 Å². The summed E-state index contributed by atoms with van der Waals surface area (Å²) in [6.45, 7) is 3.67. The molecule has 5 heteroatoms. The van der Waals surface area contributed by atoms with Gasteiger partial charge in [0, 0.05) is 29.6 Å². The van der Waals surface area contributed by atoms with Crippen molar-refractivity contribution >= 4 is 11.6 Å². The van der Waals surface area contributed by atoms with E-state index in [2.05, 4.69) is 0 Å². The zero-order valence-electron chi connectivity index (χ0n) is 13.7. The van der Waals surface area contributed by atoms with E-state index in [1.165, 1.54) is 6.42 Å². The summed E-state index contributed by atoms with van der Waals surface area (Å²) in [4.78, 5) is 32.3. The summed E-state index contributed by atoms with van der Waals surface area (Å²) in [6.07, 6.45) is 9.48. The van der Waals surface area contributed by atoms with Crippen LogP contribution in [0.1, 0.15) is 65.2 Å². The Labute approximate surface area is 132 Å². The first kappa shape index (κ1) is 18.5. The lowest BCUT2D eigenvalue weighted by molar-refractivity contribution is -0.488. The molecule has 2 unspecified atom stereocenters. The van der Waals surface area contributed by atoms with Crippen LogP contribution >= 0.6 is 0 Å². The third-order valence-electron chi connectivity index (χ3n) is 4.53. The molecule has 0 spiro atoms. The van der Waals surface area contributed by atoms with E-state index < -0.39 is 0 Å². The maximum absolute atomic E-state index is 11.4. The van der Waals surface area contributed by atoms with E-state index in [1.807, 2.05) is 13.0 Å². The summed E-state index contributed by atoms with van der Waals surface area (Å²) in [5.74, 6) is 0.436. The molecule has 0 radical (unpaired) electrons. The fraction of sp³-hybridized carbons (Fsp3) is 0.765. The van der Waals surface area contributed by atoms with Crippen molar-refractivity contribution < 1.29 is 14.5 Å². The van der Waals surface area contributed by atoms with E-state index in [9.17, 15) is 19.7 Å². The lowest BCUT2D eigenvalue weighted by Crippen LogP contribution is -2.29. The number of rotatable bonds is 3. The van der Waals surface area contributed by atoms with Gasteiger partial charge < -0.3 is 0 Å². The molecule has 124 valence electrons. The molecule has 2 aliphatic carbocycles. The molecule has 0 aliphatic heterocycles. The average molecular weight is 309 g/mol. The molecule has 0 N–H and O–H groups in total. The highest BCUT2D eigenvalue weighted by molar-refractivity contribution is 5.95. The minimum absolute atomic E-state index is 0.0563. The normalized spacial score (nSPS) is 25.4. The molecule has 0 bridgehead atoms. The highest BCUT2D eigenvalue weighted by Crippen LogP contribution is 2.27. The van der Waals surface area contributed by atoms with Gasteiger partial charge >= 0.3 is 0 Å². The largest absolute Gasteiger partial charge is 0.299 e. The van der Waals surface area contributed by atoms with Gasteiger partial charge in [-0.2, -0.15) is 0 Å². The number of carbonyl (C=O) groups is 2. The predicted molar refractivity (Wildman–Crippen MR) is 85.2 cm³/mol. The van der Waals surface area contributed by atoms with E-state index in [0.717, 1.165) is 44.1 Å². The Kier molecular flexibility index (Phi) is 7.99. The fourth-order valence-electron chi connectivity index (χ4n) is 3.18. The van der Waals surface area contributed by atoms with Crippen LogP contribution < -0.4 is 0 Å². The SMILES string of the molecule is C/C=C1\CCCCC1=O.CC(C[N+](=O)[O-])C1CCCCC1=O. The Morgan fingerprint density at radius 1 is 1.18 bits per heavy atom. The van der Waals surface area contributed by atoms with Crippen LogP contribution in [0.2, 0.25) is 0 Å². The Morgan fingerprint density at radius 3 is 2.32 bits per heavy atom. The molecule has 0 aromatic carbocycles. The Balaban J connectivity index is 0.000000235. The van der Waals surface area contributed by atoms with E-state index in [1.54, 1.807) is 6.92 Å². The van der Waals surface area contributed by atoms with Crippen LogP contribution in [0, 0.1) is 22.0 Å². The summed E-state index contributed by atoms with van der Waals surface area (Å²) >= 11 is 0. The van der Waals surface area contributed by atoms with Gasteiger partial charge in [-0.15, -0.1) is 0 Å². The van der Waals surface area contributed by atoms with Gasteiger partial charge in [-0.1, -0.05) is 19.4 Å². The van der Waals surface area contributed by atoms with Crippen molar-refractivity contribution in [1.29, 1.82) is 0 Å². The molecule has 2 saturated carbocycles. The number of hydrogen-bond acceptors (Lipinski definition) is 4. The van der Waals surface area contributed by atoms with Gasteiger partial charge in [0.1, 0.15) is 5.78 Å². The van der Waals surface area contributed by atoms with Crippen molar-refractivity contribution in [2.45, 2.75) is 65.2 Å². The molecule has 0 heterocycles. The highest BCUT2D eigenvalue weighted by atomic mass is 16.6. The Morgan fingerprint density at radius 2 is 1.82 bits per heavy atom. The van der Waals surface area contributed by atoms with E-state index in [4.69, 9.17) is 0 Å². The first-order valence-electron chi connectivity index (χ1n) is 8.28. The first-order valence-corrected chi connectivity index (χ1v) is 8.28. The van der Waals surface area contributed by atoms with Crippen molar-refractivity contribution in [1.82, 2.24) is 0 Å². The van der Waals surface area contributed by atoms with Gasteiger partial charge in [0.15, 0.2) is 5.78 Å². The number of allylic oxidation sites excluding steroid dienone is 2. The summed E-state index contributed by atoms with van der Waals surface area (Å²) in [6, 6.07) is 0. The smallest absolute Gasteiger partial charge is 0.207 e. The van der Waals surface area contributed by atoms with E-state index in [0.29, 0.717) is 12.2 Å². The van der Waals surface area contributed by atoms with Gasteiger partial charge in [-0.25, -0.2) is 0 Å². The molecule has 0 amide bonds. The molecular formula is C17H27NO4. The zero-order valence-corrected chi connectivity index (χ0v) is 13.7. The van der Waals surface area contributed by atoms with Gasteiger partial charge in [0.05, 0.1) is 0 Å². The second-order valence-corrected chi connectivity index (χ2v) is 6.26. The monoisotopic (exact) mass is 309 g/mol. The van der Waals surface area contributed by atoms with Crippen LogP contribution in [-0.4, -0.2) is 23.0 Å². The number of carbonyl (C=O) groups excluding carboxylic acids is 2. The lowest BCUT2D eigenvalue weighted by atomic mass is 9.80. The van der Waals surface area contributed by atoms with Crippen LogP contribution in [0.5, 0.6) is 0 Å². The summed E-state index contributed by atoms with van der Waals surface area (Å²) in [5, 5.41) is 10.3. The third kappa shape index (κ3) is 6.08. The van der Waals surface area contributed by atoms with Crippen LogP contribution in [0.25, 0.3) is 0 Å². The molecule has 2 aliphatic rings. The molecule has 0 saturated heterocycles. The standard InChI is InChI=1S/C9H15NO3.C8H12O/c1-7(6-10(12)13)8-4-2-3-5-9(8)11;1-2-7-5-3-4-6-8(7)9/h7-8H,2-6H2,1H3;2H,3-6H2,1H3/b;7-2+. The summed E-state index contributed by atoms with van der Waals surface area (Å²) in [7, 11) is 0.